The Morgan fingerprint density at radius 2 is 0.836 bits per heavy atom. The maximum absolute atomic E-state index is 5.28. The second kappa shape index (κ2) is 14.1. The molecule has 61 heavy (non-hydrogen) atoms. The average molecular weight is 790 g/mol. The molecule has 0 N–H and O–H groups in total. The summed E-state index contributed by atoms with van der Waals surface area (Å²) < 4.78 is 4.70. The molecule has 12 rings (SSSR count). The first-order valence-corrected chi connectivity index (χ1v) is 22.0. The molecule has 10 aromatic rings. The Labute approximate surface area is 356 Å². The lowest BCUT2D eigenvalue weighted by atomic mass is 9.54. The van der Waals surface area contributed by atoms with Crippen LogP contribution in [0, 0.1) is 17.8 Å². The first-order valence-electron chi connectivity index (χ1n) is 22.0. The molecule has 2 fully saturated rings. The number of benzene rings is 7. The third-order valence-corrected chi connectivity index (χ3v) is 13.9. The van der Waals surface area contributed by atoms with Crippen LogP contribution in [0.3, 0.4) is 0 Å². The van der Waals surface area contributed by atoms with Crippen molar-refractivity contribution in [3.8, 4) is 45.5 Å². The summed E-state index contributed by atoms with van der Waals surface area (Å²) in [6.45, 7) is 4.93. The molecule has 0 aliphatic heterocycles. The largest absolute Gasteiger partial charge is 0.309 e. The van der Waals surface area contributed by atoms with E-state index in [2.05, 4.69) is 193 Å². The highest BCUT2D eigenvalue weighted by atomic mass is 15.0. The van der Waals surface area contributed by atoms with Gasteiger partial charge in [0.1, 0.15) is 0 Å². The third kappa shape index (κ3) is 6.01. The van der Waals surface area contributed by atoms with Crippen molar-refractivity contribution in [3.63, 3.8) is 0 Å². The topological polar surface area (TPSA) is 48.5 Å². The normalized spacial score (nSPS) is 20.2. The lowest BCUT2D eigenvalue weighted by Crippen LogP contribution is -2.42. The molecule has 0 saturated heterocycles. The number of hydrogen-bond donors (Lipinski definition) is 0. The van der Waals surface area contributed by atoms with Crippen LogP contribution in [0.25, 0.3) is 89.2 Å². The highest BCUT2D eigenvalue weighted by Gasteiger charge is 2.45. The van der Waals surface area contributed by atoms with Crippen molar-refractivity contribution in [2.45, 2.75) is 51.4 Å². The summed E-state index contributed by atoms with van der Waals surface area (Å²) in [6, 6.07) is 61.2. The van der Waals surface area contributed by atoms with Gasteiger partial charge in [0.15, 0.2) is 17.5 Å². The molecule has 2 unspecified atom stereocenters. The molecule has 296 valence electrons. The SMILES string of the molecule is CC1CC2CC(C)CC(c3ccc(-c4nc(-c5ccc(-n6c7ccccc7c7ccccc76)cc5)nc(-c5ccc6c7ccccc7n(-c7ccccc7)c6c5)n4)cc3)(C1)C2. The lowest BCUT2D eigenvalue weighted by Gasteiger charge is -2.50. The predicted molar refractivity (Wildman–Crippen MR) is 251 cm³/mol. The Hall–Kier alpha value is -6.85. The summed E-state index contributed by atoms with van der Waals surface area (Å²) in [6.07, 6.45) is 6.62. The number of aromatic nitrogens is 5. The minimum absolute atomic E-state index is 0.263. The second-order valence-electron chi connectivity index (χ2n) is 18.2. The Balaban J connectivity index is 0.999. The zero-order valence-electron chi connectivity index (χ0n) is 34.7. The molecule has 3 aromatic heterocycles. The van der Waals surface area contributed by atoms with Crippen LogP contribution < -0.4 is 0 Å². The Morgan fingerprint density at radius 3 is 1.39 bits per heavy atom. The van der Waals surface area contributed by atoms with E-state index in [4.69, 9.17) is 15.0 Å². The molecule has 2 bridgehead atoms. The Bertz CT molecular complexity index is 3190. The second-order valence-corrected chi connectivity index (χ2v) is 18.2. The van der Waals surface area contributed by atoms with Crippen LogP contribution in [0.15, 0.2) is 170 Å². The molecular weight excluding hydrogens is 743 g/mol. The minimum Gasteiger partial charge on any atom is -0.309 e. The van der Waals surface area contributed by atoms with Crippen molar-refractivity contribution < 1.29 is 0 Å². The van der Waals surface area contributed by atoms with Gasteiger partial charge in [-0.3, -0.25) is 0 Å². The van der Waals surface area contributed by atoms with E-state index in [9.17, 15) is 0 Å². The highest BCUT2D eigenvalue weighted by Crippen LogP contribution is 2.54. The van der Waals surface area contributed by atoms with Crippen molar-refractivity contribution in [1.82, 2.24) is 24.1 Å². The Morgan fingerprint density at radius 1 is 0.410 bits per heavy atom. The maximum atomic E-state index is 5.28. The van der Waals surface area contributed by atoms with Crippen LogP contribution in [-0.4, -0.2) is 24.1 Å². The zero-order chi connectivity index (χ0) is 40.7. The van der Waals surface area contributed by atoms with E-state index >= 15 is 0 Å². The van der Waals surface area contributed by atoms with Gasteiger partial charge in [0.25, 0.3) is 0 Å². The standard InChI is InChI=1S/C56H47N5/c1-36-30-38-31-37(2)34-56(33-36,35-38)42-25-20-39(21-26-42)53-57-54(40-22-27-44(28-23-40)60-49-17-9-6-14-45(49)46-15-7-10-18-50(46)60)59-55(58-53)41-24-29-48-47-16-8-11-19-51(47)61(52(48)32-41)43-12-4-3-5-13-43/h3-29,32,36-38H,30-31,33-35H2,1-2H3. The Kier molecular flexibility index (Phi) is 8.35. The smallest absolute Gasteiger partial charge is 0.164 e. The number of nitrogens with zero attached hydrogens (tertiary/aromatic N) is 5. The van der Waals surface area contributed by atoms with Gasteiger partial charge in [0.05, 0.1) is 22.1 Å². The number of rotatable bonds is 6. The first kappa shape index (κ1) is 36.0. The van der Waals surface area contributed by atoms with Crippen LogP contribution in [0.5, 0.6) is 0 Å². The predicted octanol–water partition coefficient (Wildman–Crippen LogP) is 14.2. The van der Waals surface area contributed by atoms with Crippen molar-refractivity contribution in [3.05, 3.63) is 175 Å². The van der Waals surface area contributed by atoms with Crippen molar-refractivity contribution in [1.29, 1.82) is 0 Å². The van der Waals surface area contributed by atoms with Gasteiger partial charge >= 0.3 is 0 Å². The van der Waals surface area contributed by atoms with Crippen LogP contribution in [-0.2, 0) is 5.41 Å². The molecule has 0 spiro atoms. The van der Waals surface area contributed by atoms with E-state index in [1.54, 1.807) is 0 Å². The molecule has 3 heterocycles. The third-order valence-electron chi connectivity index (χ3n) is 13.9. The van der Waals surface area contributed by atoms with Crippen LogP contribution in [0.2, 0.25) is 0 Å². The van der Waals surface area contributed by atoms with Gasteiger partial charge in [-0.25, -0.2) is 15.0 Å². The summed E-state index contributed by atoms with van der Waals surface area (Å²) in [5, 5.41) is 4.92. The van der Waals surface area contributed by atoms with Crippen molar-refractivity contribution in [2.24, 2.45) is 17.8 Å². The van der Waals surface area contributed by atoms with E-state index in [-0.39, 0.29) is 5.41 Å². The van der Waals surface area contributed by atoms with Crippen molar-refractivity contribution in [2.75, 3.05) is 0 Å². The van der Waals surface area contributed by atoms with Gasteiger partial charge < -0.3 is 9.13 Å². The summed E-state index contributed by atoms with van der Waals surface area (Å²) in [5.41, 5.74) is 11.5. The van der Waals surface area contributed by atoms with Gasteiger partial charge in [0.2, 0.25) is 0 Å². The summed E-state index contributed by atoms with van der Waals surface area (Å²) >= 11 is 0. The quantitative estimate of drug-likeness (QED) is 0.169. The number of para-hydroxylation sites is 4. The summed E-state index contributed by atoms with van der Waals surface area (Å²) in [4.78, 5) is 15.8. The van der Waals surface area contributed by atoms with Gasteiger partial charge in [-0.2, -0.15) is 0 Å². The molecule has 2 atom stereocenters. The van der Waals surface area contributed by atoms with E-state index in [0.717, 1.165) is 51.3 Å². The molecule has 0 radical (unpaired) electrons. The maximum Gasteiger partial charge on any atom is 0.164 e. The lowest BCUT2D eigenvalue weighted by molar-refractivity contribution is 0.0780. The number of hydrogen-bond acceptors (Lipinski definition) is 3. The van der Waals surface area contributed by atoms with Gasteiger partial charge in [-0.1, -0.05) is 123 Å². The molecule has 5 heteroatoms. The van der Waals surface area contributed by atoms with Crippen LogP contribution in [0.1, 0.15) is 51.5 Å². The first-order chi connectivity index (χ1) is 30.0. The monoisotopic (exact) mass is 789 g/mol. The fourth-order valence-electron chi connectivity index (χ4n) is 11.7. The van der Waals surface area contributed by atoms with Gasteiger partial charge in [-0.05, 0) is 121 Å². The number of fused-ring (bicyclic) bond motifs is 8. The minimum atomic E-state index is 0.263. The fourth-order valence-corrected chi connectivity index (χ4v) is 11.7. The van der Waals surface area contributed by atoms with Gasteiger partial charge in [0, 0.05) is 49.6 Å². The molecular formula is C56H47N5. The molecule has 5 nitrogen and oxygen atoms in total. The van der Waals surface area contributed by atoms with Crippen LogP contribution in [0.4, 0.5) is 0 Å². The summed E-state index contributed by atoms with van der Waals surface area (Å²) in [7, 11) is 0. The molecule has 2 aliphatic carbocycles. The van der Waals surface area contributed by atoms with Crippen molar-refractivity contribution >= 4 is 43.6 Å². The zero-order valence-corrected chi connectivity index (χ0v) is 34.7. The van der Waals surface area contributed by atoms with Gasteiger partial charge in [-0.15, -0.1) is 0 Å². The molecule has 2 saturated carbocycles. The van der Waals surface area contributed by atoms with E-state index < -0.39 is 0 Å². The molecule has 7 aromatic carbocycles. The summed E-state index contributed by atoms with van der Waals surface area (Å²) in [5.74, 6) is 4.36. The van der Waals surface area contributed by atoms with E-state index in [1.165, 1.54) is 75.8 Å². The molecule has 2 aliphatic rings. The molecule has 0 amide bonds. The van der Waals surface area contributed by atoms with E-state index in [0.29, 0.717) is 17.5 Å². The highest BCUT2D eigenvalue weighted by molar-refractivity contribution is 6.10. The fraction of sp³-hybridized carbons (Fsp3) is 0.196. The van der Waals surface area contributed by atoms with E-state index in [1.807, 2.05) is 0 Å². The van der Waals surface area contributed by atoms with Crippen LogP contribution >= 0.6 is 0 Å². The average Bonchev–Trinajstić information content (AvgIpc) is 3.81.